The third-order valence-electron chi connectivity index (χ3n) is 5.01. The highest BCUT2D eigenvalue weighted by Gasteiger charge is 2.42. The molecule has 0 bridgehead atoms. The van der Waals surface area contributed by atoms with Gasteiger partial charge >= 0.3 is 6.18 Å². The lowest BCUT2D eigenvalue weighted by Crippen LogP contribution is -2.33. The third-order valence-corrected chi connectivity index (χ3v) is 5.01. The molecule has 1 N–H and O–H groups in total. The van der Waals surface area contributed by atoms with Gasteiger partial charge in [0.1, 0.15) is 17.3 Å². The Morgan fingerprint density at radius 2 is 1.58 bits per heavy atom. The fourth-order valence-corrected chi connectivity index (χ4v) is 3.52. The summed E-state index contributed by atoms with van der Waals surface area (Å²) in [4.78, 5) is 27.3. The summed E-state index contributed by atoms with van der Waals surface area (Å²) in [5.41, 5.74) is -1.50. The van der Waals surface area contributed by atoms with Crippen molar-refractivity contribution >= 4 is 28.8 Å². The number of carbonyl (C=O) groups excluding carboxylic acids is 2. The van der Waals surface area contributed by atoms with Crippen molar-refractivity contribution in [1.82, 2.24) is 0 Å². The molecule has 0 aromatic heterocycles. The predicted molar refractivity (Wildman–Crippen MR) is 114 cm³/mol. The number of imide groups is 1. The zero-order chi connectivity index (χ0) is 23.8. The van der Waals surface area contributed by atoms with Crippen LogP contribution in [0.25, 0.3) is 5.57 Å². The second kappa shape index (κ2) is 8.42. The highest BCUT2D eigenvalue weighted by Crippen LogP contribution is 2.38. The van der Waals surface area contributed by atoms with E-state index in [1.54, 1.807) is 18.2 Å². The van der Waals surface area contributed by atoms with Crippen molar-refractivity contribution in [2.24, 2.45) is 0 Å². The summed E-state index contributed by atoms with van der Waals surface area (Å²) in [6.45, 7) is 0. The van der Waals surface area contributed by atoms with E-state index in [1.807, 2.05) is 0 Å². The summed E-state index contributed by atoms with van der Waals surface area (Å²) < 4.78 is 59.3. The first kappa shape index (κ1) is 22.1. The lowest BCUT2D eigenvalue weighted by molar-refractivity contribution is -0.137. The molecule has 0 radical (unpaired) electrons. The molecule has 0 aliphatic carbocycles. The van der Waals surface area contributed by atoms with Crippen LogP contribution in [0.15, 0.2) is 78.5 Å². The van der Waals surface area contributed by atoms with Crippen LogP contribution in [0.2, 0.25) is 0 Å². The van der Waals surface area contributed by atoms with Crippen LogP contribution >= 0.6 is 0 Å². The quantitative estimate of drug-likeness (QED) is 0.421. The van der Waals surface area contributed by atoms with E-state index in [0.29, 0.717) is 4.90 Å². The van der Waals surface area contributed by atoms with Crippen molar-refractivity contribution < 1.29 is 31.9 Å². The number of anilines is 2. The Morgan fingerprint density at radius 1 is 0.879 bits per heavy atom. The molecule has 33 heavy (non-hydrogen) atoms. The van der Waals surface area contributed by atoms with Gasteiger partial charge in [0.2, 0.25) is 0 Å². The van der Waals surface area contributed by atoms with E-state index in [0.717, 1.165) is 18.2 Å². The average Bonchev–Trinajstić information content (AvgIpc) is 3.03. The number of halogens is 4. The number of nitrogens with one attached hydrogen (secondary N) is 1. The monoisotopic (exact) mass is 456 g/mol. The first-order valence-electron chi connectivity index (χ1n) is 9.67. The summed E-state index contributed by atoms with van der Waals surface area (Å²) in [6.07, 6.45) is -4.60. The van der Waals surface area contributed by atoms with Crippen molar-refractivity contribution in [1.29, 1.82) is 0 Å². The van der Waals surface area contributed by atoms with Crippen molar-refractivity contribution in [3.8, 4) is 5.75 Å². The minimum Gasteiger partial charge on any atom is -0.496 e. The number of benzene rings is 3. The molecule has 168 valence electrons. The Labute approximate surface area is 185 Å². The van der Waals surface area contributed by atoms with Gasteiger partial charge in [-0.15, -0.1) is 0 Å². The van der Waals surface area contributed by atoms with E-state index in [-0.39, 0.29) is 34.0 Å². The number of hydrogen-bond acceptors (Lipinski definition) is 4. The van der Waals surface area contributed by atoms with Crippen LogP contribution in [-0.4, -0.2) is 18.9 Å². The molecular formula is C24H16F4N2O3. The van der Waals surface area contributed by atoms with Crippen LogP contribution in [0.5, 0.6) is 5.75 Å². The van der Waals surface area contributed by atoms with Crippen molar-refractivity contribution in [3.05, 3.63) is 95.4 Å². The second-order valence-electron chi connectivity index (χ2n) is 7.05. The first-order chi connectivity index (χ1) is 15.7. The molecule has 0 unspecified atom stereocenters. The fraction of sp³-hybridized carbons (Fsp3) is 0.0833. The Bertz CT molecular complexity index is 1280. The predicted octanol–water partition coefficient (Wildman–Crippen LogP) is 5.25. The topological polar surface area (TPSA) is 58.6 Å². The van der Waals surface area contributed by atoms with Gasteiger partial charge in [0.15, 0.2) is 0 Å². The standard InChI is InChI=1S/C24H16F4N2O3/c1-33-19-12-5-2-9-16(19)20-21(29-15-8-6-7-14(13-15)24(26,27)28)23(32)30(22(20)31)18-11-4-3-10-17(18)25/h2-13,29H,1H3. The Kier molecular flexibility index (Phi) is 5.63. The van der Waals surface area contributed by atoms with Crippen LogP contribution in [0.4, 0.5) is 28.9 Å². The summed E-state index contributed by atoms with van der Waals surface area (Å²) in [7, 11) is 1.37. The molecule has 9 heteroatoms. The van der Waals surface area contributed by atoms with E-state index in [2.05, 4.69) is 5.32 Å². The van der Waals surface area contributed by atoms with Crippen molar-refractivity contribution in [2.45, 2.75) is 6.18 Å². The highest BCUT2D eigenvalue weighted by atomic mass is 19.4. The SMILES string of the molecule is COc1ccccc1C1=C(Nc2cccc(C(F)(F)F)c2)C(=O)N(c2ccccc2F)C1=O. The van der Waals surface area contributed by atoms with Gasteiger partial charge in [-0.05, 0) is 36.4 Å². The number of para-hydroxylation sites is 2. The summed E-state index contributed by atoms with van der Waals surface area (Å²) in [5.74, 6) is -2.31. The van der Waals surface area contributed by atoms with E-state index in [1.165, 1.54) is 43.5 Å². The molecule has 5 nitrogen and oxygen atoms in total. The van der Waals surface area contributed by atoms with Crippen molar-refractivity contribution in [3.63, 3.8) is 0 Å². The zero-order valence-electron chi connectivity index (χ0n) is 17.1. The maximum absolute atomic E-state index is 14.5. The molecule has 3 aromatic rings. The number of hydrogen-bond donors (Lipinski definition) is 1. The van der Waals surface area contributed by atoms with Crippen LogP contribution in [-0.2, 0) is 15.8 Å². The molecule has 1 aliphatic heterocycles. The lowest BCUT2D eigenvalue weighted by Gasteiger charge is -2.16. The minimum absolute atomic E-state index is 0.0660. The number of amides is 2. The van der Waals surface area contributed by atoms with Gasteiger partial charge in [-0.1, -0.05) is 36.4 Å². The van der Waals surface area contributed by atoms with Crippen LogP contribution in [0, 0.1) is 5.82 Å². The molecule has 2 amide bonds. The van der Waals surface area contributed by atoms with Gasteiger partial charge in [0.25, 0.3) is 11.8 Å². The van der Waals surface area contributed by atoms with Gasteiger partial charge in [0, 0.05) is 11.3 Å². The first-order valence-corrected chi connectivity index (χ1v) is 9.67. The summed E-state index contributed by atoms with van der Waals surface area (Å²) in [6, 6.07) is 15.8. The lowest BCUT2D eigenvalue weighted by atomic mass is 10.0. The summed E-state index contributed by atoms with van der Waals surface area (Å²) in [5, 5.41) is 2.64. The molecular weight excluding hydrogens is 440 g/mol. The maximum atomic E-state index is 14.5. The maximum Gasteiger partial charge on any atom is 0.416 e. The number of methoxy groups -OCH3 is 1. The zero-order valence-corrected chi connectivity index (χ0v) is 17.1. The number of carbonyl (C=O) groups is 2. The van der Waals surface area contributed by atoms with Crippen LogP contribution in [0.3, 0.4) is 0 Å². The smallest absolute Gasteiger partial charge is 0.416 e. The molecule has 3 aromatic carbocycles. The van der Waals surface area contributed by atoms with Gasteiger partial charge in [-0.25, -0.2) is 9.29 Å². The van der Waals surface area contributed by atoms with E-state index in [9.17, 15) is 27.2 Å². The molecule has 0 fully saturated rings. The average molecular weight is 456 g/mol. The number of alkyl halides is 3. The minimum atomic E-state index is -4.60. The number of ether oxygens (including phenoxy) is 1. The number of nitrogens with zero attached hydrogens (tertiary/aromatic N) is 1. The second-order valence-corrected chi connectivity index (χ2v) is 7.05. The number of rotatable bonds is 5. The Balaban J connectivity index is 1.87. The molecule has 1 heterocycles. The van der Waals surface area contributed by atoms with E-state index in [4.69, 9.17) is 4.74 Å². The molecule has 0 spiro atoms. The Morgan fingerprint density at radius 3 is 2.27 bits per heavy atom. The van der Waals surface area contributed by atoms with E-state index >= 15 is 0 Å². The third kappa shape index (κ3) is 4.05. The molecule has 4 rings (SSSR count). The molecule has 0 saturated carbocycles. The fourth-order valence-electron chi connectivity index (χ4n) is 3.52. The van der Waals surface area contributed by atoms with Crippen LogP contribution < -0.4 is 15.0 Å². The van der Waals surface area contributed by atoms with Gasteiger partial charge < -0.3 is 10.1 Å². The van der Waals surface area contributed by atoms with Gasteiger partial charge in [-0.2, -0.15) is 13.2 Å². The highest BCUT2D eigenvalue weighted by molar-refractivity contribution is 6.46. The van der Waals surface area contributed by atoms with E-state index < -0.39 is 29.4 Å². The molecule has 1 aliphatic rings. The largest absolute Gasteiger partial charge is 0.496 e. The van der Waals surface area contributed by atoms with Crippen molar-refractivity contribution in [2.75, 3.05) is 17.3 Å². The normalized spacial score (nSPS) is 14.2. The van der Waals surface area contributed by atoms with Gasteiger partial charge in [-0.3, -0.25) is 9.59 Å². The molecule has 0 atom stereocenters. The Hall–Kier alpha value is -4.14. The van der Waals surface area contributed by atoms with Crippen LogP contribution in [0.1, 0.15) is 11.1 Å². The van der Waals surface area contributed by atoms with Gasteiger partial charge in [0.05, 0.1) is 23.9 Å². The summed E-state index contributed by atoms with van der Waals surface area (Å²) >= 11 is 0. The molecule has 0 saturated heterocycles.